The van der Waals surface area contributed by atoms with E-state index >= 15 is 0 Å². The van der Waals surface area contributed by atoms with Crippen molar-refractivity contribution >= 4 is 27.3 Å². The zero-order chi connectivity index (χ0) is 15.0. The summed E-state index contributed by atoms with van der Waals surface area (Å²) in [4.78, 5) is 10.4. The number of nitrogens with zero attached hydrogens (tertiary/aromatic N) is 1. The highest BCUT2D eigenvalue weighted by molar-refractivity contribution is 9.10. The predicted octanol–water partition coefficient (Wildman–Crippen LogP) is 4.77. The van der Waals surface area contributed by atoms with Crippen LogP contribution in [0.3, 0.4) is 0 Å². The Hall–Kier alpha value is -1.88. The van der Waals surface area contributed by atoms with Crippen molar-refractivity contribution in [1.29, 1.82) is 0 Å². The summed E-state index contributed by atoms with van der Waals surface area (Å²) in [5, 5.41) is 14.3. The molecule has 1 aliphatic rings. The molecule has 0 fully saturated rings. The van der Waals surface area contributed by atoms with Crippen LogP contribution < -0.4 is 5.32 Å². The molecular weight excluding hydrogens is 332 g/mol. The van der Waals surface area contributed by atoms with Crippen molar-refractivity contribution in [2.24, 2.45) is 0 Å². The van der Waals surface area contributed by atoms with Gasteiger partial charge in [-0.1, -0.05) is 23.8 Å². The molecule has 0 saturated carbocycles. The molecule has 0 heterocycles. The van der Waals surface area contributed by atoms with Gasteiger partial charge in [0.2, 0.25) is 0 Å². The SMILES string of the molecule is Cc1ccc2c(c1)C(Nc1ccc([N+](=O)[O-])c(Br)c1)CC2. The number of fused-ring (bicyclic) bond motifs is 1. The van der Waals surface area contributed by atoms with Crippen LogP contribution in [0, 0.1) is 17.0 Å². The van der Waals surface area contributed by atoms with E-state index in [-0.39, 0.29) is 16.7 Å². The molecule has 2 aromatic rings. The first-order valence-electron chi connectivity index (χ1n) is 6.84. The van der Waals surface area contributed by atoms with E-state index in [0.717, 1.165) is 18.5 Å². The van der Waals surface area contributed by atoms with Gasteiger partial charge in [0.1, 0.15) is 0 Å². The van der Waals surface area contributed by atoms with E-state index in [1.807, 2.05) is 0 Å². The number of hydrogen-bond acceptors (Lipinski definition) is 3. The topological polar surface area (TPSA) is 55.2 Å². The smallest absolute Gasteiger partial charge is 0.283 e. The Morgan fingerprint density at radius 2 is 2.10 bits per heavy atom. The molecule has 0 aromatic heterocycles. The minimum absolute atomic E-state index is 0.0863. The van der Waals surface area contributed by atoms with Crippen molar-refractivity contribution in [3.05, 3.63) is 67.7 Å². The molecule has 3 rings (SSSR count). The van der Waals surface area contributed by atoms with Gasteiger partial charge < -0.3 is 5.32 Å². The maximum absolute atomic E-state index is 10.8. The van der Waals surface area contributed by atoms with Crippen LogP contribution in [0.5, 0.6) is 0 Å². The molecule has 108 valence electrons. The molecule has 0 radical (unpaired) electrons. The van der Waals surface area contributed by atoms with Gasteiger partial charge >= 0.3 is 0 Å². The predicted molar refractivity (Wildman–Crippen MR) is 86.7 cm³/mol. The Morgan fingerprint density at radius 3 is 2.81 bits per heavy atom. The average Bonchev–Trinajstić information content (AvgIpc) is 2.81. The summed E-state index contributed by atoms with van der Waals surface area (Å²) in [6.45, 7) is 2.10. The number of halogens is 1. The number of anilines is 1. The minimum Gasteiger partial charge on any atom is -0.378 e. The summed E-state index contributed by atoms with van der Waals surface area (Å²) in [6.07, 6.45) is 2.12. The van der Waals surface area contributed by atoms with Crippen molar-refractivity contribution in [2.45, 2.75) is 25.8 Å². The lowest BCUT2D eigenvalue weighted by atomic mass is 10.0. The molecule has 1 atom stereocenters. The van der Waals surface area contributed by atoms with Crippen molar-refractivity contribution in [1.82, 2.24) is 0 Å². The number of aryl methyl sites for hydroxylation is 2. The van der Waals surface area contributed by atoms with Crippen LogP contribution in [0.1, 0.15) is 29.2 Å². The van der Waals surface area contributed by atoms with Gasteiger partial charge in [0.25, 0.3) is 5.69 Å². The molecule has 21 heavy (non-hydrogen) atoms. The van der Waals surface area contributed by atoms with Crippen LogP contribution in [-0.4, -0.2) is 4.92 Å². The fourth-order valence-corrected chi connectivity index (χ4v) is 3.34. The molecular formula is C16H15BrN2O2. The van der Waals surface area contributed by atoms with Gasteiger partial charge in [-0.25, -0.2) is 0 Å². The number of rotatable bonds is 3. The van der Waals surface area contributed by atoms with Crippen molar-refractivity contribution in [3.8, 4) is 0 Å². The van der Waals surface area contributed by atoms with Crippen LogP contribution in [0.25, 0.3) is 0 Å². The third kappa shape index (κ3) is 2.78. The molecule has 0 bridgehead atoms. The Labute approximate surface area is 131 Å². The van der Waals surface area contributed by atoms with Gasteiger partial charge in [-0.15, -0.1) is 0 Å². The number of nitro benzene ring substituents is 1. The zero-order valence-corrected chi connectivity index (χ0v) is 13.2. The Kier molecular flexibility index (Phi) is 3.68. The second-order valence-corrected chi connectivity index (χ2v) is 6.22. The highest BCUT2D eigenvalue weighted by atomic mass is 79.9. The van der Waals surface area contributed by atoms with Crippen LogP contribution >= 0.6 is 15.9 Å². The summed E-state index contributed by atoms with van der Waals surface area (Å²) in [5.74, 6) is 0. The van der Waals surface area contributed by atoms with Gasteiger partial charge in [0.15, 0.2) is 0 Å². The second kappa shape index (κ2) is 5.48. The first kappa shape index (κ1) is 14.1. The number of benzene rings is 2. The van der Waals surface area contributed by atoms with E-state index in [4.69, 9.17) is 0 Å². The summed E-state index contributed by atoms with van der Waals surface area (Å²) in [6, 6.07) is 11.9. The van der Waals surface area contributed by atoms with E-state index in [0.29, 0.717) is 4.47 Å². The van der Waals surface area contributed by atoms with Gasteiger partial charge in [-0.05, 0) is 59.0 Å². The molecule has 0 saturated heterocycles. The highest BCUT2D eigenvalue weighted by Crippen LogP contribution is 2.36. The van der Waals surface area contributed by atoms with Crippen molar-refractivity contribution in [3.63, 3.8) is 0 Å². The quantitative estimate of drug-likeness (QED) is 0.643. The lowest BCUT2D eigenvalue weighted by Gasteiger charge is -2.16. The maximum atomic E-state index is 10.8. The normalized spacial score (nSPS) is 16.6. The zero-order valence-electron chi connectivity index (χ0n) is 11.6. The Morgan fingerprint density at radius 1 is 1.29 bits per heavy atom. The van der Waals surface area contributed by atoms with Gasteiger partial charge in [0.05, 0.1) is 15.4 Å². The molecule has 0 spiro atoms. The minimum atomic E-state index is -0.387. The van der Waals surface area contributed by atoms with E-state index in [2.05, 4.69) is 46.4 Å². The molecule has 5 heteroatoms. The van der Waals surface area contributed by atoms with Crippen LogP contribution in [0.2, 0.25) is 0 Å². The summed E-state index contributed by atoms with van der Waals surface area (Å²) in [7, 11) is 0. The third-order valence-electron chi connectivity index (χ3n) is 3.86. The largest absolute Gasteiger partial charge is 0.378 e. The van der Waals surface area contributed by atoms with Gasteiger partial charge in [-0.2, -0.15) is 0 Å². The molecule has 0 aliphatic heterocycles. The molecule has 4 nitrogen and oxygen atoms in total. The van der Waals surface area contributed by atoms with Gasteiger partial charge in [0, 0.05) is 11.8 Å². The van der Waals surface area contributed by atoms with Crippen molar-refractivity contribution < 1.29 is 4.92 Å². The number of hydrogen-bond donors (Lipinski definition) is 1. The molecule has 1 N–H and O–H groups in total. The number of nitrogens with one attached hydrogen (secondary N) is 1. The summed E-state index contributed by atoms with van der Waals surface area (Å²) < 4.78 is 0.500. The lowest BCUT2D eigenvalue weighted by Crippen LogP contribution is -2.07. The molecule has 1 aliphatic carbocycles. The fourth-order valence-electron chi connectivity index (χ4n) is 2.82. The highest BCUT2D eigenvalue weighted by Gasteiger charge is 2.22. The summed E-state index contributed by atoms with van der Waals surface area (Å²) >= 11 is 3.26. The summed E-state index contributed by atoms with van der Waals surface area (Å²) in [5.41, 5.74) is 4.96. The van der Waals surface area contributed by atoms with E-state index in [1.165, 1.54) is 22.8 Å². The van der Waals surface area contributed by atoms with E-state index in [1.54, 1.807) is 12.1 Å². The fraction of sp³-hybridized carbons (Fsp3) is 0.250. The van der Waals surface area contributed by atoms with Gasteiger partial charge in [-0.3, -0.25) is 10.1 Å². The van der Waals surface area contributed by atoms with Crippen molar-refractivity contribution in [2.75, 3.05) is 5.32 Å². The Bertz CT molecular complexity index is 715. The number of nitro groups is 1. The van der Waals surface area contributed by atoms with Crippen LogP contribution in [0.4, 0.5) is 11.4 Å². The van der Waals surface area contributed by atoms with Crippen LogP contribution in [-0.2, 0) is 6.42 Å². The average molecular weight is 347 g/mol. The van der Waals surface area contributed by atoms with Crippen LogP contribution in [0.15, 0.2) is 40.9 Å². The molecule has 0 amide bonds. The lowest BCUT2D eigenvalue weighted by molar-refractivity contribution is -0.385. The molecule has 1 unspecified atom stereocenters. The molecule has 2 aromatic carbocycles. The monoisotopic (exact) mass is 346 g/mol. The standard InChI is InChI=1S/C16H15BrN2O2/c1-10-2-3-11-4-6-15(13(11)8-10)18-12-5-7-16(19(20)21)14(17)9-12/h2-3,5,7-9,15,18H,4,6H2,1H3. The maximum Gasteiger partial charge on any atom is 0.283 e. The first-order valence-corrected chi connectivity index (χ1v) is 7.64. The second-order valence-electron chi connectivity index (χ2n) is 5.36. The Balaban J connectivity index is 1.85. The van der Waals surface area contributed by atoms with E-state index < -0.39 is 0 Å². The first-order chi connectivity index (χ1) is 10.0. The third-order valence-corrected chi connectivity index (χ3v) is 4.50. The van der Waals surface area contributed by atoms with E-state index in [9.17, 15) is 10.1 Å².